The number of hydrogen-bond donors (Lipinski definition) is 2. The Morgan fingerprint density at radius 2 is 1.82 bits per heavy atom. The molecule has 1 aliphatic carbocycles. The number of anilines is 1. The molecule has 220 valence electrons. The van der Waals surface area contributed by atoms with Crippen LogP contribution in [0.15, 0.2) is 47.4 Å². The van der Waals surface area contributed by atoms with Gasteiger partial charge in [-0.2, -0.15) is 0 Å². The number of carbonyl (C=O) groups is 1. The fourth-order valence-corrected chi connectivity index (χ4v) is 6.71. The monoisotopic (exact) mass is 573 g/mol. The van der Waals surface area contributed by atoms with Crippen molar-refractivity contribution in [1.29, 1.82) is 0 Å². The number of fused-ring (bicyclic) bond motifs is 1. The van der Waals surface area contributed by atoms with Crippen LogP contribution in [0.25, 0.3) is 0 Å². The van der Waals surface area contributed by atoms with Crippen LogP contribution >= 0.6 is 0 Å². The molecule has 3 atom stereocenters. The van der Waals surface area contributed by atoms with Crippen molar-refractivity contribution in [3.8, 4) is 11.5 Å². The maximum atomic E-state index is 13.7. The average Bonchev–Trinajstić information content (AvgIpc) is 2.95. The molecule has 10 heteroatoms. The van der Waals surface area contributed by atoms with Gasteiger partial charge >= 0.3 is 0 Å². The topological polar surface area (TPSA) is 108 Å². The summed E-state index contributed by atoms with van der Waals surface area (Å²) in [7, 11) is -0.261. The Kier molecular flexibility index (Phi) is 9.97. The smallest absolute Gasteiger partial charge is 0.261 e. The number of rotatable bonds is 10. The second-order valence-electron chi connectivity index (χ2n) is 11.3. The zero-order chi connectivity index (χ0) is 28.9. The van der Waals surface area contributed by atoms with Crippen molar-refractivity contribution in [2.24, 2.45) is 11.8 Å². The molecule has 2 aliphatic rings. The van der Waals surface area contributed by atoms with Crippen LogP contribution < -0.4 is 14.2 Å². The fourth-order valence-electron chi connectivity index (χ4n) is 5.67. The number of methoxy groups -OCH3 is 1. The van der Waals surface area contributed by atoms with Crippen LogP contribution in [-0.4, -0.2) is 81.8 Å². The lowest BCUT2D eigenvalue weighted by molar-refractivity contribution is 0.0330. The molecular weight excluding hydrogens is 530 g/mol. The van der Waals surface area contributed by atoms with E-state index in [2.05, 4.69) is 23.6 Å². The first-order valence-electron chi connectivity index (χ1n) is 14.2. The minimum atomic E-state index is -3.90. The van der Waals surface area contributed by atoms with Crippen LogP contribution in [-0.2, 0) is 10.0 Å². The van der Waals surface area contributed by atoms with Crippen LogP contribution in [0.2, 0.25) is 0 Å². The Hall–Kier alpha value is -2.82. The van der Waals surface area contributed by atoms with E-state index in [0.717, 1.165) is 6.54 Å². The van der Waals surface area contributed by atoms with Gasteiger partial charge in [0.05, 0.1) is 30.2 Å². The molecular formula is C30H43N3O6S. The Balaban J connectivity index is 1.59. The van der Waals surface area contributed by atoms with Crippen molar-refractivity contribution in [3.63, 3.8) is 0 Å². The van der Waals surface area contributed by atoms with E-state index in [4.69, 9.17) is 9.47 Å². The van der Waals surface area contributed by atoms with Crippen LogP contribution in [0.5, 0.6) is 11.5 Å². The van der Waals surface area contributed by atoms with Crippen LogP contribution in [0, 0.1) is 11.8 Å². The van der Waals surface area contributed by atoms with Crippen molar-refractivity contribution in [2.45, 2.75) is 63.0 Å². The molecule has 40 heavy (non-hydrogen) atoms. The summed E-state index contributed by atoms with van der Waals surface area (Å²) in [5.41, 5.74) is 0.518. The number of aliphatic hydroxyl groups is 1. The normalized spacial score (nSPS) is 21.2. The highest BCUT2D eigenvalue weighted by molar-refractivity contribution is 7.92. The standard InChI is InChI=1S/C30H43N3O6S/c1-21-17-33(22(2)20-34)30(35)27-16-24(31-40(36,37)26-13-11-25(38-4)12-14-26)10-15-28(27)39-29(21)19-32(3)18-23-8-6-5-7-9-23/h10-16,21-23,29,31,34H,5-9,17-20H2,1-4H3/t21-,22-,29-/m1/s1. The number of nitrogens with one attached hydrogen (secondary N) is 1. The maximum Gasteiger partial charge on any atom is 0.261 e. The number of ether oxygens (including phenoxy) is 2. The molecule has 0 radical (unpaired) electrons. The number of hydrogen-bond acceptors (Lipinski definition) is 7. The van der Waals surface area contributed by atoms with Gasteiger partial charge in [-0.25, -0.2) is 8.42 Å². The molecule has 4 rings (SSSR count). The van der Waals surface area contributed by atoms with E-state index in [1.807, 2.05) is 6.92 Å². The molecule has 9 nitrogen and oxygen atoms in total. The predicted octanol–water partition coefficient (Wildman–Crippen LogP) is 4.23. The summed E-state index contributed by atoms with van der Waals surface area (Å²) in [5.74, 6) is 1.38. The molecule has 1 aliphatic heterocycles. The lowest BCUT2D eigenvalue weighted by atomic mass is 9.89. The molecule has 1 saturated carbocycles. The van der Waals surface area contributed by atoms with Crippen molar-refractivity contribution >= 4 is 21.6 Å². The van der Waals surface area contributed by atoms with E-state index in [0.29, 0.717) is 30.5 Å². The Morgan fingerprint density at radius 3 is 2.48 bits per heavy atom. The van der Waals surface area contributed by atoms with Crippen molar-refractivity contribution in [2.75, 3.05) is 45.1 Å². The number of aliphatic hydroxyl groups excluding tert-OH is 1. The molecule has 0 unspecified atom stereocenters. The van der Waals surface area contributed by atoms with Crippen molar-refractivity contribution < 1.29 is 27.8 Å². The molecule has 1 heterocycles. The highest BCUT2D eigenvalue weighted by Gasteiger charge is 2.34. The van der Waals surface area contributed by atoms with E-state index in [1.54, 1.807) is 29.2 Å². The van der Waals surface area contributed by atoms with Gasteiger partial charge in [0, 0.05) is 31.2 Å². The van der Waals surface area contributed by atoms with Gasteiger partial charge in [0.1, 0.15) is 17.6 Å². The van der Waals surface area contributed by atoms with Gasteiger partial charge in [-0.15, -0.1) is 0 Å². The van der Waals surface area contributed by atoms with Crippen molar-refractivity contribution in [3.05, 3.63) is 48.0 Å². The molecule has 2 aromatic rings. The highest BCUT2D eigenvalue weighted by Crippen LogP contribution is 2.32. The number of likely N-dealkylation sites (N-methyl/N-ethyl adjacent to an activating group) is 1. The molecule has 1 amide bonds. The number of sulfonamides is 1. The van der Waals surface area contributed by atoms with Crippen molar-refractivity contribution in [1.82, 2.24) is 9.80 Å². The van der Waals surface area contributed by atoms with Gasteiger partial charge < -0.3 is 24.4 Å². The number of amides is 1. The van der Waals surface area contributed by atoms with Gasteiger partial charge in [-0.05, 0) is 75.2 Å². The van der Waals surface area contributed by atoms with E-state index in [1.165, 1.54) is 57.4 Å². The molecule has 2 N–H and O–H groups in total. The second kappa shape index (κ2) is 13.2. The predicted molar refractivity (Wildman–Crippen MR) is 155 cm³/mol. The second-order valence-corrected chi connectivity index (χ2v) is 13.0. The largest absolute Gasteiger partial charge is 0.497 e. The van der Waals surface area contributed by atoms with E-state index < -0.39 is 16.1 Å². The van der Waals surface area contributed by atoms with Gasteiger partial charge in [0.15, 0.2) is 0 Å². The summed E-state index contributed by atoms with van der Waals surface area (Å²) >= 11 is 0. The highest BCUT2D eigenvalue weighted by atomic mass is 32.2. The van der Waals surface area contributed by atoms with Crippen LogP contribution in [0.4, 0.5) is 5.69 Å². The zero-order valence-electron chi connectivity index (χ0n) is 24.0. The first kappa shape index (κ1) is 30.1. The Morgan fingerprint density at radius 1 is 1.12 bits per heavy atom. The molecule has 0 bridgehead atoms. The van der Waals surface area contributed by atoms with Gasteiger partial charge in [-0.3, -0.25) is 9.52 Å². The quantitative estimate of drug-likeness (QED) is 0.438. The Labute approximate surface area is 238 Å². The van der Waals surface area contributed by atoms with Gasteiger partial charge in [-0.1, -0.05) is 26.2 Å². The third-order valence-electron chi connectivity index (χ3n) is 8.07. The average molecular weight is 574 g/mol. The summed E-state index contributed by atoms with van der Waals surface area (Å²) in [4.78, 5) is 17.8. The number of benzene rings is 2. The minimum Gasteiger partial charge on any atom is -0.497 e. The number of carbonyl (C=O) groups excluding carboxylic acids is 1. The number of nitrogens with zero attached hydrogens (tertiary/aromatic N) is 2. The van der Waals surface area contributed by atoms with Crippen LogP contribution in [0.1, 0.15) is 56.3 Å². The summed E-state index contributed by atoms with van der Waals surface area (Å²) in [6, 6.07) is 10.5. The maximum absolute atomic E-state index is 13.7. The lowest BCUT2D eigenvalue weighted by Gasteiger charge is -2.38. The molecule has 0 aromatic heterocycles. The third kappa shape index (κ3) is 7.27. The fraction of sp³-hybridized carbons (Fsp3) is 0.567. The molecule has 2 aromatic carbocycles. The summed E-state index contributed by atoms with van der Waals surface area (Å²) in [6.45, 7) is 5.85. The Bertz CT molecular complexity index is 1250. The van der Waals surface area contributed by atoms with E-state index in [9.17, 15) is 18.3 Å². The van der Waals surface area contributed by atoms with E-state index >= 15 is 0 Å². The summed E-state index contributed by atoms with van der Waals surface area (Å²) in [6.07, 6.45) is 6.26. The SMILES string of the molecule is COc1ccc(S(=O)(=O)Nc2ccc3c(c2)C(=O)N([C@H](C)CO)C[C@@H](C)[C@@H](CN(C)CC2CCCCC2)O3)cc1. The zero-order valence-corrected chi connectivity index (χ0v) is 24.8. The summed E-state index contributed by atoms with van der Waals surface area (Å²) in [5, 5.41) is 9.93. The minimum absolute atomic E-state index is 0.0214. The van der Waals surface area contributed by atoms with Gasteiger partial charge in [0.2, 0.25) is 0 Å². The first-order valence-corrected chi connectivity index (χ1v) is 15.7. The first-order chi connectivity index (χ1) is 19.1. The molecule has 1 fully saturated rings. The third-order valence-corrected chi connectivity index (χ3v) is 9.47. The van der Waals surface area contributed by atoms with Gasteiger partial charge in [0.25, 0.3) is 15.9 Å². The van der Waals surface area contributed by atoms with Crippen LogP contribution in [0.3, 0.4) is 0 Å². The molecule has 0 spiro atoms. The summed E-state index contributed by atoms with van der Waals surface area (Å²) < 4.78 is 40.3. The molecule has 0 saturated heterocycles. The van der Waals surface area contributed by atoms with E-state index in [-0.39, 0.29) is 40.7 Å². The lowest BCUT2D eigenvalue weighted by Crippen LogP contribution is -2.50.